The van der Waals surface area contributed by atoms with Gasteiger partial charge in [-0.3, -0.25) is 23.2 Å². The highest BCUT2D eigenvalue weighted by molar-refractivity contribution is 7.86. The zero-order chi connectivity index (χ0) is 48.4. The van der Waals surface area contributed by atoms with Crippen LogP contribution in [-0.4, -0.2) is 78.0 Å². The minimum atomic E-state index is -5.23. The Balaban J connectivity index is 1.21. The van der Waals surface area contributed by atoms with Crippen LogP contribution in [0.3, 0.4) is 0 Å². The third-order valence-corrected chi connectivity index (χ3v) is 13.2. The summed E-state index contributed by atoms with van der Waals surface area (Å²) < 4.78 is 135. The number of carboxylic acid groups (broad SMARTS) is 1. The summed E-state index contributed by atoms with van der Waals surface area (Å²) in [4.78, 5) is 17.6. The molecule has 0 saturated heterocycles. The van der Waals surface area contributed by atoms with Crippen molar-refractivity contribution in [2.75, 3.05) is 5.73 Å². The van der Waals surface area contributed by atoms with E-state index in [-0.39, 0.29) is 65.8 Å². The van der Waals surface area contributed by atoms with Gasteiger partial charge in [0.15, 0.2) is 5.75 Å². The molecule has 0 saturated carbocycles. The van der Waals surface area contributed by atoms with Crippen LogP contribution in [0.25, 0.3) is 43.4 Å². The number of hydrogen-bond acceptors (Lipinski definition) is 19. The van der Waals surface area contributed by atoms with Crippen molar-refractivity contribution in [3.63, 3.8) is 0 Å². The van der Waals surface area contributed by atoms with Crippen molar-refractivity contribution in [2.45, 2.75) is 19.6 Å². The van der Waals surface area contributed by atoms with Gasteiger partial charge in [0.2, 0.25) is 0 Å². The zero-order valence-corrected chi connectivity index (χ0v) is 36.2. The molecule has 0 aliphatic rings. The summed E-state index contributed by atoms with van der Waals surface area (Å²) in [5.41, 5.74) is 4.17. The van der Waals surface area contributed by atoms with E-state index >= 15 is 0 Å². The lowest BCUT2D eigenvalue weighted by atomic mass is 10.1. The van der Waals surface area contributed by atoms with Gasteiger partial charge in [-0.2, -0.15) is 33.7 Å². The molecule has 67 heavy (non-hydrogen) atoms. The standard InChI is InChI=1S/C39H25N9O15S4/c40-27-16-25-18(13-34(27)66(58,59)60)14-35(67(61,62)63)37(38(25)49)48-47-32-10-9-30(24-4-6-33(39(50)51)42-36(24)32)45-46-31-8-7-29(23-3-1-22(15-26(23)31)65(55,56)57)44-43-20-11-19-12-21(64(52,53)54)2-5-28(19)41-17-20/h1-17,49H,40H2,(H,50,51)(H,52,53,54)(H,55,56,57)(H,58,59,60)(H,61,62,63). The average Bonchev–Trinajstić information content (AvgIpc) is 3.25. The van der Waals surface area contributed by atoms with Gasteiger partial charge in [-0.1, -0.05) is 6.07 Å². The largest absolute Gasteiger partial charge is 0.505 e. The molecule has 0 radical (unpaired) electrons. The maximum atomic E-state index is 12.5. The topological polar surface area (TPSA) is 401 Å². The number of phenolic OH excluding ortho intramolecular Hbond substituents is 1. The van der Waals surface area contributed by atoms with Crippen LogP contribution < -0.4 is 5.73 Å². The molecule has 8 aromatic rings. The van der Waals surface area contributed by atoms with Crippen LogP contribution >= 0.6 is 0 Å². The Hall–Kier alpha value is -7.83. The Morgan fingerprint density at radius 2 is 1.07 bits per heavy atom. The maximum absolute atomic E-state index is 12.5. The summed E-state index contributed by atoms with van der Waals surface area (Å²) in [5, 5.41) is 45.9. The number of carboxylic acids is 1. The molecule has 0 amide bonds. The molecular weight excluding hydrogens is 963 g/mol. The second-order valence-corrected chi connectivity index (χ2v) is 19.7. The number of benzene rings is 6. The van der Waals surface area contributed by atoms with Gasteiger partial charge in [0, 0.05) is 26.9 Å². The number of phenols is 1. The molecule has 2 heterocycles. The molecule has 0 unspecified atom stereocenters. The Labute approximate surface area is 375 Å². The molecule has 0 fully saturated rings. The van der Waals surface area contributed by atoms with E-state index in [1.54, 1.807) is 0 Å². The van der Waals surface area contributed by atoms with Crippen molar-refractivity contribution >= 4 is 130 Å². The number of nitrogen functional groups attached to an aromatic ring is 1. The van der Waals surface area contributed by atoms with Gasteiger partial charge < -0.3 is 15.9 Å². The van der Waals surface area contributed by atoms with Crippen LogP contribution in [0.1, 0.15) is 10.5 Å². The lowest BCUT2D eigenvalue weighted by molar-refractivity contribution is 0.0690. The smallest absolute Gasteiger partial charge is 0.354 e. The van der Waals surface area contributed by atoms with Crippen LogP contribution in [0.15, 0.2) is 154 Å². The Morgan fingerprint density at radius 1 is 0.522 bits per heavy atom. The maximum Gasteiger partial charge on any atom is 0.354 e. The van der Waals surface area contributed by atoms with Crippen LogP contribution in [0.4, 0.5) is 39.8 Å². The normalized spacial score (nSPS) is 13.0. The van der Waals surface area contributed by atoms with Crippen molar-refractivity contribution in [1.29, 1.82) is 0 Å². The SMILES string of the molecule is Nc1cc2c(O)c(N=Nc3ccc(N=Nc4ccc(N=Nc5cnc6ccc(S(=O)(=O)O)cc6c5)c5ccc(S(=O)(=O)O)cc45)c4ccc(C(=O)O)nc34)c(S(=O)(=O)O)cc2cc1S(=O)(=O)O. The van der Waals surface area contributed by atoms with Crippen LogP contribution in [0, 0.1) is 0 Å². The first kappa shape index (κ1) is 45.7. The number of nitrogens with zero attached hydrogens (tertiary/aromatic N) is 8. The van der Waals surface area contributed by atoms with E-state index in [2.05, 4.69) is 40.7 Å². The molecule has 340 valence electrons. The number of fused-ring (bicyclic) bond motifs is 4. The minimum Gasteiger partial charge on any atom is -0.505 e. The Bertz CT molecular complexity index is 4060. The van der Waals surface area contributed by atoms with Gasteiger partial charge in [0.1, 0.15) is 38.1 Å². The van der Waals surface area contributed by atoms with Crippen molar-refractivity contribution in [1.82, 2.24) is 9.97 Å². The molecule has 8 N–H and O–H groups in total. The van der Waals surface area contributed by atoms with Crippen molar-refractivity contribution in [3.05, 3.63) is 109 Å². The van der Waals surface area contributed by atoms with Crippen LogP contribution in [0.2, 0.25) is 0 Å². The second kappa shape index (κ2) is 16.6. The van der Waals surface area contributed by atoms with E-state index in [1.165, 1.54) is 66.9 Å². The van der Waals surface area contributed by atoms with Gasteiger partial charge in [-0.15, -0.1) is 30.7 Å². The Kier molecular flexibility index (Phi) is 11.3. The molecule has 0 atom stereocenters. The molecule has 0 bridgehead atoms. The molecular formula is C39H25N9O15S4. The number of aromatic nitrogens is 2. The number of nitrogens with two attached hydrogens (primary N) is 1. The van der Waals surface area contributed by atoms with Crippen molar-refractivity contribution in [3.8, 4) is 5.75 Å². The number of hydrogen-bond donors (Lipinski definition) is 7. The fourth-order valence-corrected chi connectivity index (χ4v) is 8.96. The summed E-state index contributed by atoms with van der Waals surface area (Å²) >= 11 is 0. The lowest BCUT2D eigenvalue weighted by Crippen LogP contribution is -2.04. The first-order chi connectivity index (χ1) is 31.4. The summed E-state index contributed by atoms with van der Waals surface area (Å²) in [7, 11) is -19.4. The number of aromatic carboxylic acids is 1. The second-order valence-electron chi connectivity index (χ2n) is 14.0. The molecule has 6 aromatic carbocycles. The van der Waals surface area contributed by atoms with Gasteiger partial charge >= 0.3 is 5.97 Å². The van der Waals surface area contributed by atoms with E-state index in [9.17, 15) is 66.9 Å². The van der Waals surface area contributed by atoms with Gasteiger partial charge in [0.25, 0.3) is 40.5 Å². The summed E-state index contributed by atoms with van der Waals surface area (Å²) in [6, 6.07) is 18.9. The number of carbonyl (C=O) groups is 1. The minimum absolute atomic E-state index is 0.0134. The lowest BCUT2D eigenvalue weighted by Gasteiger charge is -2.11. The highest BCUT2D eigenvalue weighted by Gasteiger charge is 2.25. The first-order valence-corrected chi connectivity index (χ1v) is 24.0. The Morgan fingerprint density at radius 3 is 1.72 bits per heavy atom. The number of pyridine rings is 2. The van der Waals surface area contributed by atoms with Crippen molar-refractivity contribution < 1.29 is 66.9 Å². The van der Waals surface area contributed by atoms with Crippen LogP contribution in [-0.2, 0) is 40.5 Å². The molecule has 8 rings (SSSR count). The van der Waals surface area contributed by atoms with Gasteiger partial charge in [-0.05, 0) is 96.4 Å². The van der Waals surface area contributed by atoms with Crippen molar-refractivity contribution in [2.24, 2.45) is 30.7 Å². The van der Waals surface area contributed by atoms with Crippen LogP contribution in [0.5, 0.6) is 5.75 Å². The summed E-state index contributed by atoms with van der Waals surface area (Å²) in [6.45, 7) is 0. The fraction of sp³-hybridized carbons (Fsp3) is 0. The molecule has 0 spiro atoms. The summed E-state index contributed by atoms with van der Waals surface area (Å²) in [5.74, 6) is -2.42. The van der Waals surface area contributed by atoms with E-state index in [1.807, 2.05) is 0 Å². The predicted molar refractivity (Wildman–Crippen MR) is 236 cm³/mol. The zero-order valence-electron chi connectivity index (χ0n) is 33.0. The van der Waals surface area contributed by atoms with E-state index in [4.69, 9.17) is 5.73 Å². The third-order valence-electron chi connectivity index (χ3n) is 9.74. The molecule has 28 heteroatoms. The van der Waals surface area contributed by atoms with E-state index in [0.717, 1.165) is 36.4 Å². The number of rotatable bonds is 11. The predicted octanol–water partition coefficient (Wildman–Crippen LogP) is 8.31. The quantitative estimate of drug-likeness (QED) is 0.0363. The fourth-order valence-electron chi connectivity index (χ4n) is 6.65. The highest BCUT2D eigenvalue weighted by atomic mass is 32.2. The highest BCUT2D eigenvalue weighted by Crippen LogP contribution is 2.44. The monoisotopic (exact) mass is 987 g/mol. The van der Waals surface area contributed by atoms with E-state index < -0.39 is 83.9 Å². The number of anilines is 1. The molecule has 0 aliphatic carbocycles. The number of aromatic hydroxyl groups is 1. The molecule has 2 aromatic heterocycles. The van der Waals surface area contributed by atoms with Gasteiger partial charge in [0.05, 0.1) is 44.3 Å². The average molecular weight is 988 g/mol. The molecule has 0 aliphatic heterocycles. The number of azo groups is 3. The van der Waals surface area contributed by atoms with Gasteiger partial charge in [-0.25, -0.2) is 9.78 Å². The molecule has 24 nitrogen and oxygen atoms in total. The van der Waals surface area contributed by atoms with E-state index in [0.29, 0.717) is 10.9 Å². The summed E-state index contributed by atoms with van der Waals surface area (Å²) in [6.07, 6.45) is 1.35. The third kappa shape index (κ3) is 9.21. The first-order valence-electron chi connectivity index (χ1n) is 18.2.